The summed E-state index contributed by atoms with van der Waals surface area (Å²) >= 11 is 0. The Morgan fingerprint density at radius 3 is 2.77 bits per heavy atom. The number of nitrogens with one attached hydrogen (secondary N) is 1. The minimum atomic E-state index is -0.203. The topological polar surface area (TPSA) is 73.0 Å². The van der Waals surface area contributed by atoms with Crippen LogP contribution in [0.15, 0.2) is 40.9 Å². The van der Waals surface area contributed by atoms with E-state index in [4.69, 9.17) is 4.52 Å². The van der Waals surface area contributed by atoms with E-state index < -0.39 is 0 Å². The highest BCUT2D eigenvalue weighted by molar-refractivity contribution is 5.92. The van der Waals surface area contributed by atoms with E-state index in [1.807, 2.05) is 29.8 Å². The molecular weight excluding hydrogens is 328 g/mol. The summed E-state index contributed by atoms with van der Waals surface area (Å²) in [5.74, 6) is 1.07. The van der Waals surface area contributed by atoms with E-state index in [1.54, 1.807) is 6.07 Å². The van der Waals surface area contributed by atoms with Crippen molar-refractivity contribution >= 4 is 5.91 Å². The molecule has 0 atom stereocenters. The number of carbonyl (C=O) groups is 1. The van der Waals surface area contributed by atoms with E-state index in [9.17, 15) is 4.79 Å². The van der Waals surface area contributed by atoms with Gasteiger partial charge in [0.2, 0.25) is 0 Å². The molecule has 0 bridgehead atoms. The van der Waals surface area contributed by atoms with Crippen LogP contribution >= 0.6 is 0 Å². The summed E-state index contributed by atoms with van der Waals surface area (Å²) in [7, 11) is 0. The van der Waals surface area contributed by atoms with Gasteiger partial charge in [-0.05, 0) is 32.3 Å². The van der Waals surface area contributed by atoms with Crippen molar-refractivity contribution < 1.29 is 9.32 Å². The van der Waals surface area contributed by atoms with Crippen LogP contribution in [0, 0.1) is 13.8 Å². The molecule has 0 spiro atoms. The van der Waals surface area contributed by atoms with Crippen molar-refractivity contribution in [1.29, 1.82) is 0 Å². The summed E-state index contributed by atoms with van der Waals surface area (Å²) in [6, 6.07) is 12.0. The molecule has 2 heterocycles. The van der Waals surface area contributed by atoms with Gasteiger partial charge in [-0.15, -0.1) is 0 Å². The van der Waals surface area contributed by atoms with Gasteiger partial charge in [-0.25, -0.2) is 0 Å². The largest absolute Gasteiger partial charge is 0.360 e. The Labute approximate surface area is 152 Å². The fourth-order valence-corrected chi connectivity index (χ4v) is 3.26. The molecule has 1 aliphatic carbocycles. The lowest BCUT2D eigenvalue weighted by atomic mass is 10.0. The maximum absolute atomic E-state index is 12.2. The van der Waals surface area contributed by atoms with Crippen LogP contribution in [0.25, 0.3) is 11.1 Å². The minimum absolute atomic E-state index is 0.203. The van der Waals surface area contributed by atoms with Crippen molar-refractivity contribution in [1.82, 2.24) is 20.3 Å². The second-order valence-electron chi connectivity index (χ2n) is 6.78. The molecule has 0 saturated heterocycles. The standard InChI is InChI=1S/C20H22N4O2/c1-13-19(16-6-4-3-5-7-16)14(2)24(22-13)11-10-21-20(25)17-12-18(26-23-17)15-8-9-15/h3-7,12,15H,8-11H2,1-2H3,(H,21,25). The highest BCUT2D eigenvalue weighted by Crippen LogP contribution is 2.40. The van der Waals surface area contributed by atoms with Crippen LogP contribution in [-0.2, 0) is 6.54 Å². The first kappa shape index (κ1) is 16.6. The van der Waals surface area contributed by atoms with Gasteiger partial charge < -0.3 is 9.84 Å². The van der Waals surface area contributed by atoms with Crippen molar-refractivity contribution in [3.8, 4) is 11.1 Å². The van der Waals surface area contributed by atoms with E-state index in [0.717, 1.165) is 41.1 Å². The summed E-state index contributed by atoms with van der Waals surface area (Å²) in [6.07, 6.45) is 2.25. The van der Waals surface area contributed by atoms with Crippen LogP contribution in [0.1, 0.15) is 46.4 Å². The van der Waals surface area contributed by atoms with Gasteiger partial charge in [0, 0.05) is 29.8 Å². The van der Waals surface area contributed by atoms with E-state index in [0.29, 0.717) is 24.7 Å². The molecule has 134 valence electrons. The molecule has 6 heteroatoms. The molecule has 26 heavy (non-hydrogen) atoms. The summed E-state index contributed by atoms with van der Waals surface area (Å²) in [5, 5.41) is 11.4. The van der Waals surface area contributed by atoms with E-state index in [1.165, 1.54) is 0 Å². The molecule has 1 aliphatic rings. The SMILES string of the molecule is Cc1nn(CCNC(=O)c2cc(C3CC3)on2)c(C)c1-c1ccccc1. The van der Waals surface area contributed by atoms with Crippen LogP contribution in [0.2, 0.25) is 0 Å². The van der Waals surface area contributed by atoms with Gasteiger partial charge in [0.1, 0.15) is 5.76 Å². The van der Waals surface area contributed by atoms with Crippen LogP contribution in [-0.4, -0.2) is 27.4 Å². The fourth-order valence-electron chi connectivity index (χ4n) is 3.26. The molecule has 3 aromatic rings. The molecule has 0 aliphatic heterocycles. The molecule has 1 N–H and O–H groups in total. The monoisotopic (exact) mass is 350 g/mol. The Kier molecular flexibility index (Phi) is 4.32. The molecule has 4 rings (SSSR count). The lowest BCUT2D eigenvalue weighted by molar-refractivity contribution is 0.0942. The Morgan fingerprint density at radius 1 is 1.27 bits per heavy atom. The molecule has 2 aromatic heterocycles. The van der Waals surface area contributed by atoms with E-state index in [-0.39, 0.29) is 5.91 Å². The Balaban J connectivity index is 1.39. The third-order valence-corrected chi connectivity index (χ3v) is 4.79. The summed E-state index contributed by atoms with van der Waals surface area (Å²) in [6.45, 7) is 5.17. The van der Waals surface area contributed by atoms with Gasteiger partial charge in [-0.1, -0.05) is 35.5 Å². The fraction of sp³-hybridized carbons (Fsp3) is 0.350. The molecule has 6 nitrogen and oxygen atoms in total. The third kappa shape index (κ3) is 3.27. The Hall–Kier alpha value is -2.89. The number of benzene rings is 1. The van der Waals surface area contributed by atoms with Crippen LogP contribution in [0.5, 0.6) is 0 Å². The van der Waals surface area contributed by atoms with Crippen molar-refractivity contribution in [2.24, 2.45) is 0 Å². The molecule has 0 radical (unpaired) electrons. The van der Waals surface area contributed by atoms with Gasteiger partial charge in [0.15, 0.2) is 5.69 Å². The average Bonchev–Trinajstić information content (AvgIpc) is 3.30. The minimum Gasteiger partial charge on any atom is -0.360 e. The first-order chi connectivity index (χ1) is 12.6. The van der Waals surface area contributed by atoms with Gasteiger partial charge in [-0.2, -0.15) is 5.10 Å². The normalized spacial score (nSPS) is 13.8. The molecule has 1 fully saturated rings. The second-order valence-corrected chi connectivity index (χ2v) is 6.78. The van der Waals surface area contributed by atoms with Crippen molar-refractivity contribution in [3.63, 3.8) is 0 Å². The average molecular weight is 350 g/mol. The molecular formula is C20H22N4O2. The van der Waals surface area contributed by atoms with Gasteiger partial charge in [0.25, 0.3) is 5.91 Å². The lowest BCUT2D eigenvalue weighted by Gasteiger charge is -2.06. The Morgan fingerprint density at radius 2 is 2.04 bits per heavy atom. The number of carbonyl (C=O) groups excluding carboxylic acids is 1. The highest BCUT2D eigenvalue weighted by Gasteiger charge is 2.28. The number of nitrogens with zero attached hydrogens (tertiary/aromatic N) is 3. The summed E-state index contributed by atoms with van der Waals surface area (Å²) in [4.78, 5) is 12.2. The number of amides is 1. The summed E-state index contributed by atoms with van der Waals surface area (Å²) in [5.41, 5.74) is 4.76. The van der Waals surface area contributed by atoms with Crippen LogP contribution in [0.4, 0.5) is 0 Å². The number of aromatic nitrogens is 3. The number of hydrogen-bond acceptors (Lipinski definition) is 4. The maximum atomic E-state index is 12.2. The third-order valence-electron chi connectivity index (χ3n) is 4.79. The molecule has 1 aromatic carbocycles. The van der Waals surface area contributed by atoms with Gasteiger partial charge >= 0.3 is 0 Å². The van der Waals surface area contributed by atoms with E-state index in [2.05, 4.69) is 34.6 Å². The van der Waals surface area contributed by atoms with Crippen molar-refractivity contribution in [3.05, 3.63) is 59.2 Å². The quantitative estimate of drug-likeness (QED) is 0.739. The van der Waals surface area contributed by atoms with Gasteiger partial charge in [0.05, 0.1) is 12.2 Å². The zero-order chi connectivity index (χ0) is 18.1. The molecule has 0 unspecified atom stereocenters. The molecule has 1 amide bonds. The number of rotatable bonds is 6. The zero-order valence-corrected chi connectivity index (χ0v) is 15.0. The number of hydrogen-bond donors (Lipinski definition) is 1. The van der Waals surface area contributed by atoms with Crippen molar-refractivity contribution in [2.75, 3.05) is 6.54 Å². The first-order valence-corrected chi connectivity index (χ1v) is 8.97. The maximum Gasteiger partial charge on any atom is 0.273 e. The van der Waals surface area contributed by atoms with Gasteiger partial charge in [-0.3, -0.25) is 9.48 Å². The zero-order valence-electron chi connectivity index (χ0n) is 15.0. The lowest BCUT2D eigenvalue weighted by Crippen LogP contribution is -2.28. The van der Waals surface area contributed by atoms with Crippen molar-refractivity contribution in [2.45, 2.75) is 39.2 Å². The first-order valence-electron chi connectivity index (χ1n) is 8.97. The molecule has 1 saturated carbocycles. The second kappa shape index (κ2) is 6.78. The smallest absolute Gasteiger partial charge is 0.273 e. The van der Waals surface area contributed by atoms with E-state index >= 15 is 0 Å². The van der Waals surface area contributed by atoms with Crippen LogP contribution in [0.3, 0.4) is 0 Å². The highest BCUT2D eigenvalue weighted by atomic mass is 16.5. The summed E-state index contributed by atoms with van der Waals surface area (Å²) < 4.78 is 7.17. The predicted octanol–water partition coefficient (Wildman–Crippen LogP) is 3.46. The Bertz CT molecular complexity index is 923. The predicted molar refractivity (Wildman–Crippen MR) is 97.9 cm³/mol. The van der Waals surface area contributed by atoms with Crippen LogP contribution < -0.4 is 5.32 Å². The number of aryl methyl sites for hydroxylation is 1.